The standard InChI is InChI=1S/C33H40ClN3O3/c1-24(2)28-18-13-25(3)22-31(28)39-21-9-20-37-30-11-7-6-10-29(30)36-32(37)12-5-4-8-19-35-33(38)23-40-27-16-14-26(34)15-17-27/h6-7,10-11,13-18,22,24H,4-5,8-9,12,19-21,23H2,1-3H3,(H,35,38). The van der Waals surface area contributed by atoms with Crippen molar-refractivity contribution in [2.75, 3.05) is 19.8 Å². The van der Waals surface area contributed by atoms with Gasteiger partial charge in [0.2, 0.25) is 0 Å². The van der Waals surface area contributed by atoms with Gasteiger partial charge in [-0.3, -0.25) is 4.79 Å². The fourth-order valence-corrected chi connectivity index (χ4v) is 4.88. The van der Waals surface area contributed by atoms with Crippen LogP contribution in [0.5, 0.6) is 11.5 Å². The van der Waals surface area contributed by atoms with Gasteiger partial charge in [-0.05, 0) is 85.7 Å². The minimum atomic E-state index is -0.120. The van der Waals surface area contributed by atoms with Crippen molar-refractivity contribution >= 4 is 28.5 Å². The fraction of sp³-hybridized carbons (Fsp3) is 0.394. The summed E-state index contributed by atoms with van der Waals surface area (Å²) in [6, 6.07) is 21.8. The molecule has 0 radical (unpaired) electrons. The van der Waals surface area contributed by atoms with Crippen LogP contribution in [0.3, 0.4) is 0 Å². The third-order valence-electron chi connectivity index (χ3n) is 6.89. The molecule has 0 unspecified atom stereocenters. The Balaban J connectivity index is 1.21. The Labute approximate surface area is 242 Å². The number of unbranched alkanes of at least 4 members (excludes halogenated alkanes) is 2. The second kappa shape index (κ2) is 14.8. The number of nitrogens with zero attached hydrogens (tertiary/aromatic N) is 2. The quantitative estimate of drug-likeness (QED) is 0.153. The number of para-hydroxylation sites is 2. The summed E-state index contributed by atoms with van der Waals surface area (Å²) < 4.78 is 14.1. The monoisotopic (exact) mass is 561 g/mol. The van der Waals surface area contributed by atoms with Gasteiger partial charge in [-0.15, -0.1) is 0 Å². The Bertz CT molecular complexity index is 1380. The van der Waals surface area contributed by atoms with E-state index in [9.17, 15) is 4.79 Å². The Morgan fingerprint density at radius 1 is 0.975 bits per heavy atom. The van der Waals surface area contributed by atoms with Crippen LogP contribution in [-0.2, 0) is 17.8 Å². The first-order valence-corrected chi connectivity index (χ1v) is 14.6. The number of carbonyl (C=O) groups is 1. The molecule has 0 atom stereocenters. The molecule has 0 saturated carbocycles. The summed E-state index contributed by atoms with van der Waals surface area (Å²) in [6.07, 6.45) is 4.74. The summed E-state index contributed by atoms with van der Waals surface area (Å²) in [5.41, 5.74) is 4.67. The van der Waals surface area contributed by atoms with Gasteiger partial charge in [0.25, 0.3) is 5.91 Å². The molecule has 0 aliphatic rings. The highest BCUT2D eigenvalue weighted by Crippen LogP contribution is 2.28. The average molecular weight is 562 g/mol. The van der Waals surface area contributed by atoms with Crippen molar-refractivity contribution in [3.8, 4) is 11.5 Å². The van der Waals surface area contributed by atoms with Gasteiger partial charge < -0.3 is 19.4 Å². The topological polar surface area (TPSA) is 65.4 Å². The van der Waals surface area contributed by atoms with E-state index in [4.69, 9.17) is 26.1 Å². The van der Waals surface area contributed by atoms with Crippen LogP contribution in [0.1, 0.15) is 62.4 Å². The summed E-state index contributed by atoms with van der Waals surface area (Å²) in [4.78, 5) is 17.0. The van der Waals surface area contributed by atoms with E-state index in [1.807, 2.05) is 6.07 Å². The Morgan fingerprint density at radius 3 is 2.58 bits per heavy atom. The smallest absolute Gasteiger partial charge is 0.257 e. The van der Waals surface area contributed by atoms with Crippen molar-refractivity contribution in [2.24, 2.45) is 0 Å². The average Bonchev–Trinajstić information content (AvgIpc) is 3.29. The normalized spacial score (nSPS) is 11.2. The van der Waals surface area contributed by atoms with Gasteiger partial charge >= 0.3 is 0 Å². The summed E-state index contributed by atoms with van der Waals surface area (Å²) in [7, 11) is 0. The highest BCUT2D eigenvalue weighted by Gasteiger charge is 2.12. The van der Waals surface area contributed by atoms with Crippen LogP contribution in [0, 0.1) is 6.92 Å². The third kappa shape index (κ3) is 8.49. The molecule has 4 aromatic rings. The van der Waals surface area contributed by atoms with Crippen LogP contribution in [0.2, 0.25) is 5.02 Å². The zero-order valence-electron chi connectivity index (χ0n) is 23.8. The maximum Gasteiger partial charge on any atom is 0.257 e. The number of nitrogens with one attached hydrogen (secondary N) is 1. The number of hydrogen-bond acceptors (Lipinski definition) is 4. The van der Waals surface area contributed by atoms with Gasteiger partial charge in [0.15, 0.2) is 6.61 Å². The van der Waals surface area contributed by atoms with Crippen molar-refractivity contribution in [1.82, 2.24) is 14.9 Å². The van der Waals surface area contributed by atoms with E-state index in [2.05, 4.69) is 67.1 Å². The highest BCUT2D eigenvalue weighted by atomic mass is 35.5. The van der Waals surface area contributed by atoms with E-state index in [0.717, 1.165) is 55.7 Å². The van der Waals surface area contributed by atoms with Crippen LogP contribution in [0.4, 0.5) is 0 Å². The van der Waals surface area contributed by atoms with Gasteiger partial charge in [-0.1, -0.05) is 56.1 Å². The number of amides is 1. The molecule has 1 aromatic heterocycles. The first-order chi connectivity index (χ1) is 19.4. The largest absolute Gasteiger partial charge is 0.493 e. The van der Waals surface area contributed by atoms with Crippen molar-refractivity contribution in [2.45, 2.75) is 65.3 Å². The molecule has 7 heteroatoms. The maximum absolute atomic E-state index is 12.1. The number of halogens is 1. The van der Waals surface area contributed by atoms with Gasteiger partial charge in [-0.25, -0.2) is 4.98 Å². The van der Waals surface area contributed by atoms with E-state index in [1.165, 1.54) is 16.6 Å². The number of imidazole rings is 1. The van der Waals surface area contributed by atoms with Crippen molar-refractivity contribution in [1.29, 1.82) is 0 Å². The van der Waals surface area contributed by atoms with Crippen molar-refractivity contribution < 1.29 is 14.3 Å². The molecule has 0 aliphatic carbocycles. The number of hydrogen-bond donors (Lipinski definition) is 1. The van der Waals surface area contributed by atoms with Crippen LogP contribution >= 0.6 is 11.6 Å². The number of aryl methyl sites for hydroxylation is 3. The molecule has 0 bridgehead atoms. The van der Waals surface area contributed by atoms with Gasteiger partial charge in [0.05, 0.1) is 17.6 Å². The summed E-state index contributed by atoms with van der Waals surface area (Å²) in [6.45, 7) is 8.66. The molecule has 0 fully saturated rings. The molecule has 6 nitrogen and oxygen atoms in total. The SMILES string of the molecule is Cc1ccc(C(C)C)c(OCCCn2c(CCCCCNC(=O)COc3ccc(Cl)cc3)nc3ccccc32)c1. The van der Waals surface area contributed by atoms with Crippen LogP contribution < -0.4 is 14.8 Å². The first kappa shape index (κ1) is 29.5. The minimum Gasteiger partial charge on any atom is -0.493 e. The minimum absolute atomic E-state index is 0.00195. The molecular formula is C33H40ClN3O3. The molecule has 1 heterocycles. The summed E-state index contributed by atoms with van der Waals surface area (Å²) in [5, 5.41) is 3.57. The first-order valence-electron chi connectivity index (χ1n) is 14.2. The predicted molar refractivity (Wildman–Crippen MR) is 163 cm³/mol. The van der Waals surface area contributed by atoms with E-state index in [0.29, 0.717) is 29.8 Å². The van der Waals surface area contributed by atoms with E-state index >= 15 is 0 Å². The Hall–Kier alpha value is -3.51. The summed E-state index contributed by atoms with van der Waals surface area (Å²) in [5.74, 6) is 3.04. The molecule has 0 saturated heterocycles. The molecule has 0 spiro atoms. The molecule has 4 rings (SSSR count). The summed E-state index contributed by atoms with van der Waals surface area (Å²) >= 11 is 5.87. The number of fused-ring (bicyclic) bond motifs is 1. The molecule has 1 amide bonds. The zero-order chi connectivity index (χ0) is 28.3. The van der Waals surface area contributed by atoms with Gasteiger partial charge in [0.1, 0.15) is 17.3 Å². The van der Waals surface area contributed by atoms with Crippen LogP contribution in [0.15, 0.2) is 66.7 Å². The highest BCUT2D eigenvalue weighted by molar-refractivity contribution is 6.30. The number of aromatic nitrogens is 2. The van der Waals surface area contributed by atoms with E-state index in [-0.39, 0.29) is 12.5 Å². The zero-order valence-corrected chi connectivity index (χ0v) is 24.5. The lowest BCUT2D eigenvalue weighted by molar-refractivity contribution is -0.123. The molecule has 1 N–H and O–H groups in total. The lowest BCUT2D eigenvalue weighted by Gasteiger charge is -2.15. The molecule has 212 valence electrons. The lowest BCUT2D eigenvalue weighted by atomic mass is 10.0. The fourth-order valence-electron chi connectivity index (χ4n) is 4.76. The molecular weight excluding hydrogens is 522 g/mol. The second-order valence-electron chi connectivity index (χ2n) is 10.5. The predicted octanol–water partition coefficient (Wildman–Crippen LogP) is 7.50. The van der Waals surface area contributed by atoms with Gasteiger partial charge in [-0.2, -0.15) is 0 Å². The maximum atomic E-state index is 12.1. The number of rotatable bonds is 15. The molecule has 0 aliphatic heterocycles. The Morgan fingerprint density at radius 2 is 1.77 bits per heavy atom. The van der Waals surface area contributed by atoms with E-state index < -0.39 is 0 Å². The number of carbonyl (C=O) groups excluding carboxylic acids is 1. The lowest BCUT2D eigenvalue weighted by Crippen LogP contribution is -2.29. The molecule has 3 aromatic carbocycles. The van der Waals surface area contributed by atoms with Crippen LogP contribution in [0.25, 0.3) is 11.0 Å². The third-order valence-corrected chi connectivity index (χ3v) is 7.14. The number of ether oxygens (including phenoxy) is 2. The van der Waals surface area contributed by atoms with Crippen molar-refractivity contribution in [3.05, 3.63) is 88.7 Å². The second-order valence-corrected chi connectivity index (χ2v) is 10.9. The number of benzene rings is 3. The van der Waals surface area contributed by atoms with Crippen molar-refractivity contribution in [3.63, 3.8) is 0 Å². The van der Waals surface area contributed by atoms with Crippen LogP contribution in [-0.4, -0.2) is 35.2 Å². The molecule has 40 heavy (non-hydrogen) atoms. The Kier molecular flexibility index (Phi) is 10.9. The van der Waals surface area contributed by atoms with E-state index in [1.54, 1.807) is 24.3 Å². The van der Waals surface area contributed by atoms with Gasteiger partial charge in [0, 0.05) is 24.5 Å².